The van der Waals surface area contributed by atoms with Crippen molar-refractivity contribution in [2.24, 2.45) is 5.92 Å². The van der Waals surface area contributed by atoms with E-state index < -0.39 is 0 Å². The predicted molar refractivity (Wildman–Crippen MR) is 103 cm³/mol. The average molecular weight is 371 g/mol. The first-order valence-electron chi connectivity index (χ1n) is 9.43. The van der Waals surface area contributed by atoms with E-state index in [-0.39, 0.29) is 11.7 Å². The Morgan fingerprint density at radius 1 is 1.11 bits per heavy atom. The summed E-state index contributed by atoms with van der Waals surface area (Å²) in [6.07, 6.45) is 3.20. The number of carbonyl (C=O) groups is 1. The summed E-state index contributed by atoms with van der Waals surface area (Å²) in [6, 6.07) is 13.9. The molecule has 0 aliphatic carbocycles. The number of aryl methyl sites for hydroxylation is 1. The van der Waals surface area contributed by atoms with Crippen molar-refractivity contribution in [3.05, 3.63) is 59.9 Å². The third kappa shape index (κ3) is 5.71. The fourth-order valence-electron chi connectivity index (χ4n) is 3.37. The molecular formula is C22H26FNO3. The van der Waals surface area contributed by atoms with Crippen LogP contribution in [0, 0.1) is 11.7 Å². The lowest BCUT2D eigenvalue weighted by atomic mass is 10.1. The molecule has 1 saturated heterocycles. The maximum atomic E-state index is 12.9. The minimum absolute atomic E-state index is 0.216. The lowest BCUT2D eigenvalue weighted by Gasteiger charge is -2.17. The molecule has 1 unspecified atom stereocenters. The van der Waals surface area contributed by atoms with Crippen LogP contribution < -0.4 is 9.47 Å². The van der Waals surface area contributed by atoms with E-state index in [2.05, 4.69) is 0 Å². The molecule has 4 nitrogen and oxygen atoms in total. The molecule has 0 radical (unpaired) electrons. The van der Waals surface area contributed by atoms with Crippen LogP contribution in [0.4, 0.5) is 4.39 Å². The third-order valence-corrected chi connectivity index (χ3v) is 5.03. The van der Waals surface area contributed by atoms with Gasteiger partial charge in [-0.2, -0.15) is 0 Å². The standard InChI is InChI=1S/C22H26FNO3/c1-26-20-7-2-17(3-8-20)4-11-22(25)24-14-12-18(16-24)13-15-27-21-9-5-19(23)6-10-21/h2-3,5-10,18H,4,11-16H2,1H3. The summed E-state index contributed by atoms with van der Waals surface area (Å²) >= 11 is 0. The van der Waals surface area contributed by atoms with Gasteiger partial charge in [0, 0.05) is 19.5 Å². The number of ether oxygens (including phenoxy) is 2. The van der Waals surface area contributed by atoms with E-state index in [1.54, 1.807) is 19.2 Å². The number of benzene rings is 2. The molecule has 27 heavy (non-hydrogen) atoms. The molecule has 0 saturated carbocycles. The zero-order chi connectivity index (χ0) is 19.1. The molecule has 5 heteroatoms. The van der Waals surface area contributed by atoms with Gasteiger partial charge in [0.2, 0.25) is 5.91 Å². The number of nitrogens with zero attached hydrogens (tertiary/aromatic N) is 1. The van der Waals surface area contributed by atoms with Crippen LogP contribution in [0.15, 0.2) is 48.5 Å². The van der Waals surface area contributed by atoms with Gasteiger partial charge in [-0.05, 0) is 67.1 Å². The number of hydrogen-bond acceptors (Lipinski definition) is 3. The van der Waals surface area contributed by atoms with Gasteiger partial charge in [-0.15, -0.1) is 0 Å². The molecule has 0 spiro atoms. The Hall–Kier alpha value is -2.56. The monoisotopic (exact) mass is 371 g/mol. The van der Waals surface area contributed by atoms with Crippen LogP contribution in [0.5, 0.6) is 11.5 Å². The van der Waals surface area contributed by atoms with Gasteiger partial charge in [0.15, 0.2) is 0 Å². The summed E-state index contributed by atoms with van der Waals surface area (Å²) in [5.41, 5.74) is 1.15. The molecule has 3 rings (SSSR count). The van der Waals surface area contributed by atoms with Crippen molar-refractivity contribution in [1.29, 1.82) is 0 Å². The highest BCUT2D eigenvalue weighted by Crippen LogP contribution is 2.22. The molecule has 1 heterocycles. The highest BCUT2D eigenvalue weighted by molar-refractivity contribution is 5.76. The second kappa shape index (κ2) is 9.40. The van der Waals surface area contributed by atoms with Crippen LogP contribution in [0.3, 0.4) is 0 Å². The number of amides is 1. The van der Waals surface area contributed by atoms with E-state index in [0.29, 0.717) is 24.7 Å². The number of hydrogen-bond donors (Lipinski definition) is 0. The molecule has 144 valence electrons. The first-order valence-corrected chi connectivity index (χ1v) is 9.43. The van der Waals surface area contributed by atoms with Crippen molar-refractivity contribution in [3.63, 3.8) is 0 Å². The quantitative estimate of drug-likeness (QED) is 0.702. The Morgan fingerprint density at radius 3 is 2.52 bits per heavy atom. The van der Waals surface area contributed by atoms with E-state index in [1.165, 1.54) is 12.1 Å². The van der Waals surface area contributed by atoms with E-state index >= 15 is 0 Å². The third-order valence-electron chi connectivity index (χ3n) is 5.03. The van der Waals surface area contributed by atoms with Gasteiger partial charge in [0.25, 0.3) is 0 Å². The second-order valence-electron chi connectivity index (χ2n) is 6.93. The number of methoxy groups -OCH3 is 1. The van der Waals surface area contributed by atoms with Gasteiger partial charge in [-0.25, -0.2) is 4.39 Å². The maximum Gasteiger partial charge on any atom is 0.222 e. The van der Waals surface area contributed by atoms with Gasteiger partial charge < -0.3 is 14.4 Å². The summed E-state index contributed by atoms with van der Waals surface area (Å²) < 4.78 is 23.7. The molecule has 2 aromatic rings. The summed E-state index contributed by atoms with van der Waals surface area (Å²) in [4.78, 5) is 14.4. The van der Waals surface area contributed by atoms with Crippen LogP contribution in [-0.4, -0.2) is 37.6 Å². The zero-order valence-corrected chi connectivity index (χ0v) is 15.7. The molecule has 0 bridgehead atoms. The Labute approximate surface area is 159 Å². The Kier molecular flexibility index (Phi) is 6.69. The van der Waals surface area contributed by atoms with Gasteiger partial charge >= 0.3 is 0 Å². The minimum atomic E-state index is -0.262. The number of likely N-dealkylation sites (tertiary alicyclic amines) is 1. The fraction of sp³-hybridized carbons (Fsp3) is 0.409. The highest BCUT2D eigenvalue weighted by atomic mass is 19.1. The highest BCUT2D eigenvalue weighted by Gasteiger charge is 2.25. The van der Waals surface area contributed by atoms with E-state index in [4.69, 9.17) is 9.47 Å². The Bertz CT molecular complexity index is 730. The van der Waals surface area contributed by atoms with Gasteiger partial charge in [0.05, 0.1) is 13.7 Å². The van der Waals surface area contributed by atoms with Gasteiger partial charge in [-0.3, -0.25) is 4.79 Å². The summed E-state index contributed by atoms with van der Waals surface area (Å²) in [6.45, 7) is 2.21. The summed E-state index contributed by atoms with van der Waals surface area (Å²) in [7, 11) is 1.65. The molecule has 0 aromatic heterocycles. The largest absolute Gasteiger partial charge is 0.497 e. The molecule has 1 aliphatic heterocycles. The van der Waals surface area contributed by atoms with Crippen molar-refractivity contribution < 1.29 is 18.7 Å². The molecule has 2 aromatic carbocycles. The van der Waals surface area contributed by atoms with Crippen LogP contribution in [0.1, 0.15) is 24.8 Å². The van der Waals surface area contributed by atoms with Crippen LogP contribution in [0.25, 0.3) is 0 Å². The first-order chi connectivity index (χ1) is 13.1. The number of carbonyl (C=O) groups excluding carboxylic acids is 1. The maximum absolute atomic E-state index is 12.9. The second-order valence-corrected chi connectivity index (χ2v) is 6.93. The summed E-state index contributed by atoms with van der Waals surface area (Å²) in [5, 5.41) is 0. The van der Waals surface area contributed by atoms with Gasteiger partial charge in [0.1, 0.15) is 17.3 Å². The summed E-state index contributed by atoms with van der Waals surface area (Å²) in [5.74, 6) is 1.93. The van der Waals surface area contributed by atoms with Crippen molar-refractivity contribution in [2.75, 3.05) is 26.8 Å². The Morgan fingerprint density at radius 2 is 1.81 bits per heavy atom. The number of rotatable bonds is 8. The lowest BCUT2D eigenvalue weighted by Crippen LogP contribution is -2.29. The molecular weight excluding hydrogens is 345 g/mol. The van der Waals surface area contributed by atoms with Crippen molar-refractivity contribution in [1.82, 2.24) is 4.90 Å². The average Bonchev–Trinajstić information content (AvgIpc) is 3.17. The van der Waals surface area contributed by atoms with E-state index in [0.717, 1.165) is 43.7 Å². The SMILES string of the molecule is COc1ccc(CCC(=O)N2CCC(CCOc3ccc(F)cc3)C2)cc1. The predicted octanol–water partition coefficient (Wildman–Crippen LogP) is 4.08. The molecule has 1 amide bonds. The number of halogens is 1. The lowest BCUT2D eigenvalue weighted by molar-refractivity contribution is -0.130. The zero-order valence-electron chi connectivity index (χ0n) is 15.7. The van der Waals surface area contributed by atoms with Crippen LogP contribution in [-0.2, 0) is 11.2 Å². The van der Waals surface area contributed by atoms with Crippen LogP contribution >= 0.6 is 0 Å². The van der Waals surface area contributed by atoms with E-state index in [1.807, 2.05) is 29.2 Å². The normalized spacial score (nSPS) is 16.4. The molecule has 1 aliphatic rings. The fourth-order valence-corrected chi connectivity index (χ4v) is 3.37. The van der Waals surface area contributed by atoms with Crippen molar-refractivity contribution in [2.45, 2.75) is 25.7 Å². The molecule has 1 fully saturated rings. The van der Waals surface area contributed by atoms with Gasteiger partial charge in [-0.1, -0.05) is 12.1 Å². The van der Waals surface area contributed by atoms with Crippen LogP contribution in [0.2, 0.25) is 0 Å². The topological polar surface area (TPSA) is 38.8 Å². The first kappa shape index (κ1) is 19.2. The minimum Gasteiger partial charge on any atom is -0.497 e. The van der Waals surface area contributed by atoms with Crippen molar-refractivity contribution in [3.8, 4) is 11.5 Å². The Balaban J connectivity index is 1.36. The van der Waals surface area contributed by atoms with E-state index in [9.17, 15) is 9.18 Å². The van der Waals surface area contributed by atoms with Crippen molar-refractivity contribution >= 4 is 5.91 Å². The molecule has 1 atom stereocenters. The smallest absolute Gasteiger partial charge is 0.222 e. The molecule has 0 N–H and O–H groups in total.